The van der Waals surface area contributed by atoms with Gasteiger partial charge < -0.3 is 10.1 Å². The van der Waals surface area contributed by atoms with Crippen molar-refractivity contribution in [3.63, 3.8) is 0 Å². The molecule has 0 aliphatic rings. The van der Waals surface area contributed by atoms with Gasteiger partial charge in [0, 0.05) is 6.07 Å². The number of hydrogen-bond acceptors (Lipinski definition) is 4. The highest BCUT2D eigenvalue weighted by Gasteiger charge is 2.19. The fourth-order valence-electron chi connectivity index (χ4n) is 1.95. The fraction of sp³-hybridized carbons (Fsp3) is 0.188. The largest absolute Gasteiger partial charge is 0.489 e. The van der Waals surface area contributed by atoms with E-state index in [0.29, 0.717) is 5.75 Å². The van der Waals surface area contributed by atoms with Crippen LogP contribution in [0.2, 0.25) is 0 Å². The zero-order valence-electron chi connectivity index (χ0n) is 12.7. The Bertz CT molecular complexity index is 752. The van der Waals surface area contributed by atoms with E-state index in [9.17, 15) is 19.3 Å². The number of benzene rings is 2. The fourth-order valence-corrected chi connectivity index (χ4v) is 2.76. The summed E-state index contributed by atoms with van der Waals surface area (Å²) in [5.41, 5.74) is 0.123. The quantitative estimate of drug-likeness (QED) is 0.420. The van der Waals surface area contributed by atoms with E-state index < -0.39 is 10.8 Å². The molecular weight excluding hydrogens is 430 g/mol. The topological polar surface area (TPSA) is 81.5 Å². The van der Waals surface area contributed by atoms with Crippen molar-refractivity contribution in [3.8, 4) is 5.75 Å². The number of carbonyl (C=O) groups excluding carboxylic acids is 1. The summed E-state index contributed by atoms with van der Waals surface area (Å²) >= 11 is 1.78. The smallest absolute Gasteiger partial charge is 0.283 e. The van der Waals surface area contributed by atoms with Gasteiger partial charge in [-0.2, -0.15) is 0 Å². The summed E-state index contributed by atoms with van der Waals surface area (Å²) in [6.45, 7) is 1.96. The van der Waals surface area contributed by atoms with E-state index in [-0.39, 0.29) is 33.3 Å². The van der Waals surface area contributed by atoms with Crippen LogP contribution in [0.3, 0.4) is 0 Å². The average molecular weight is 444 g/mol. The first kappa shape index (κ1) is 18.1. The number of carbonyl (C=O) groups is 1. The summed E-state index contributed by atoms with van der Waals surface area (Å²) in [5, 5.41) is 13.6. The summed E-state index contributed by atoms with van der Waals surface area (Å²) < 4.78 is 18.7. The highest BCUT2D eigenvalue weighted by molar-refractivity contribution is 14.1. The molecule has 0 aliphatic carbocycles. The van der Waals surface area contributed by atoms with Crippen molar-refractivity contribution in [2.75, 3.05) is 6.54 Å². The predicted molar refractivity (Wildman–Crippen MR) is 94.6 cm³/mol. The maximum Gasteiger partial charge on any atom is 0.283 e. The van der Waals surface area contributed by atoms with E-state index in [1.54, 1.807) is 29.5 Å². The minimum atomic E-state index is -0.529. The van der Waals surface area contributed by atoms with Gasteiger partial charge in [-0.1, -0.05) is 6.07 Å². The number of nitro groups is 1. The maximum atomic E-state index is 12.8. The molecular formula is C16H14FIN2O4. The molecule has 1 atom stereocenters. The van der Waals surface area contributed by atoms with Crippen molar-refractivity contribution in [3.05, 3.63) is 67.5 Å². The average Bonchev–Trinajstić information content (AvgIpc) is 2.54. The van der Waals surface area contributed by atoms with Gasteiger partial charge in [0.05, 0.1) is 17.0 Å². The second kappa shape index (κ2) is 8.04. The summed E-state index contributed by atoms with van der Waals surface area (Å²) in [5.74, 6) is -0.288. The molecule has 0 spiro atoms. The summed E-state index contributed by atoms with van der Waals surface area (Å²) in [4.78, 5) is 22.6. The number of amides is 1. The first-order valence-corrected chi connectivity index (χ1v) is 8.09. The van der Waals surface area contributed by atoms with E-state index in [1.165, 1.54) is 42.5 Å². The van der Waals surface area contributed by atoms with Crippen molar-refractivity contribution in [2.24, 2.45) is 0 Å². The van der Waals surface area contributed by atoms with Gasteiger partial charge in [-0.3, -0.25) is 14.9 Å². The standard InChI is InChI=1S/C16H14FIN2O4/c1-10(24-12-7-5-11(17)6-8-12)9-19-16(21)13-3-2-4-14(15(13)18)20(22)23/h2-8,10H,9H2,1H3,(H,19,21)/t10-/m0/s1. The molecule has 2 aromatic carbocycles. The molecule has 0 unspecified atom stereocenters. The molecule has 2 aromatic rings. The van der Waals surface area contributed by atoms with E-state index in [0.717, 1.165) is 0 Å². The Labute approximate surface area is 151 Å². The van der Waals surface area contributed by atoms with Crippen molar-refractivity contribution in [1.29, 1.82) is 0 Å². The van der Waals surface area contributed by atoms with Gasteiger partial charge in [0.25, 0.3) is 11.6 Å². The van der Waals surface area contributed by atoms with Gasteiger partial charge in [0.1, 0.15) is 21.2 Å². The van der Waals surface area contributed by atoms with Crippen molar-refractivity contribution in [2.45, 2.75) is 13.0 Å². The lowest BCUT2D eigenvalue weighted by Crippen LogP contribution is -2.34. The molecule has 0 bridgehead atoms. The molecule has 8 heteroatoms. The monoisotopic (exact) mass is 444 g/mol. The van der Waals surface area contributed by atoms with Crippen LogP contribution in [0.25, 0.3) is 0 Å². The summed E-state index contributed by atoms with van der Waals surface area (Å²) in [7, 11) is 0. The van der Waals surface area contributed by atoms with E-state index in [4.69, 9.17) is 4.74 Å². The molecule has 0 radical (unpaired) electrons. The third kappa shape index (κ3) is 4.63. The van der Waals surface area contributed by atoms with Crippen LogP contribution in [0, 0.1) is 19.5 Å². The number of rotatable bonds is 6. The Hall–Kier alpha value is -2.23. The first-order chi connectivity index (χ1) is 11.4. The van der Waals surface area contributed by atoms with Crippen LogP contribution in [-0.4, -0.2) is 23.5 Å². The van der Waals surface area contributed by atoms with E-state index in [2.05, 4.69) is 5.32 Å². The molecule has 2 rings (SSSR count). The minimum absolute atomic E-state index is 0.112. The molecule has 0 aromatic heterocycles. The zero-order chi connectivity index (χ0) is 17.7. The lowest BCUT2D eigenvalue weighted by molar-refractivity contribution is -0.385. The van der Waals surface area contributed by atoms with E-state index in [1.807, 2.05) is 0 Å². The Morgan fingerprint density at radius 1 is 1.33 bits per heavy atom. The van der Waals surface area contributed by atoms with Crippen LogP contribution in [0.5, 0.6) is 5.75 Å². The Morgan fingerprint density at radius 3 is 2.62 bits per heavy atom. The van der Waals surface area contributed by atoms with Crippen LogP contribution in [0.4, 0.5) is 10.1 Å². The molecule has 0 saturated heterocycles. The van der Waals surface area contributed by atoms with Gasteiger partial charge in [-0.05, 0) is 59.8 Å². The van der Waals surface area contributed by atoms with E-state index >= 15 is 0 Å². The van der Waals surface area contributed by atoms with Gasteiger partial charge in [0.2, 0.25) is 0 Å². The van der Waals surface area contributed by atoms with Gasteiger partial charge in [-0.15, -0.1) is 0 Å². The molecule has 0 heterocycles. The Morgan fingerprint density at radius 2 is 2.00 bits per heavy atom. The molecule has 0 saturated carbocycles. The number of nitrogens with one attached hydrogen (secondary N) is 1. The lowest BCUT2D eigenvalue weighted by atomic mass is 10.2. The lowest BCUT2D eigenvalue weighted by Gasteiger charge is -2.15. The summed E-state index contributed by atoms with van der Waals surface area (Å²) in [6.07, 6.45) is -0.351. The third-order valence-corrected chi connectivity index (χ3v) is 4.25. The molecule has 1 amide bonds. The number of nitro benzene ring substituents is 1. The number of nitrogens with zero attached hydrogens (tertiary/aromatic N) is 1. The Balaban J connectivity index is 1.96. The molecule has 1 N–H and O–H groups in total. The molecule has 0 fully saturated rings. The van der Waals surface area contributed by atoms with Crippen LogP contribution >= 0.6 is 22.6 Å². The Kier molecular flexibility index (Phi) is 6.07. The van der Waals surface area contributed by atoms with Crippen molar-refractivity contribution < 1.29 is 18.8 Å². The summed E-state index contributed by atoms with van der Waals surface area (Å²) in [6, 6.07) is 9.90. The third-order valence-electron chi connectivity index (χ3n) is 3.12. The number of hydrogen-bond donors (Lipinski definition) is 1. The number of halogens is 2. The maximum absolute atomic E-state index is 12.8. The molecule has 24 heavy (non-hydrogen) atoms. The zero-order valence-corrected chi connectivity index (χ0v) is 14.8. The van der Waals surface area contributed by atoms with Crippen LogP contribution in [0.1, 0.15) is 17.3 Å². The van der Waals surface area contributed by atoms with Crippen LogP contribution < -0.4 is 10.1 Å². The van der Waals surface area contributed by atoms with Gasteiger partial charge >= 0.3 is 0 Å². The first-order valence-electron chi connectivity index (χ1n) is 7.02. The minimum Gasteiger partial charge on any atom is -0.489 e. The van der Waals surface area contributed by atoms with Gasteiger partial charge in [0.15, 0.2) is 0 Å². The second-order valence-electron chi connectivity index (χ2n) is 4.99. The normalized spacial score (nSPS) is 11.6. The SMILES string of the molecule is C[C@@H](CNC(=O)c1cccc([N+](=O)[O-])c1I)Oc1ccc(F)cc1. The van der Waals surface area contributed by atoms with Gasteiger partial charge in [-0.25, -0.2) is 4.39 Å². The number of ether oxygens (including phenoxy) is 1. The van der Waals surface area contributed by atoms with Crippen LogP contribution in [-0.2, 0) is 0 Å². The van der Waals surface area contributed by atoms with Crippen molar-refractivity contribution >= 4 is 34.2 Å². The predicted octanol–water partition coefficient (Wildman–Crippen LogP) is 3.54. The highest BCUT2D eigenvalue weighted by Crippen LogP contribution is 2.24. The van der Waals surface area contributed by atoms with Crippen molar-refractivity contribution in [1.82, 2.24) is 5.32 Å². The second-order valence-corrected chi connectivity index (χ2v) is 6.07. The van der Waals surface area contributed by atoms with Crippen LogP contribution in [0.15, 0.2) is 42.5 Å². The highest BCUT2D eigenvalue weighted by atomic mass is 127. The molecule has 126 valence electrons. The molecule has 0 aliphatic heterocycles. The molecule has 6 nitrogen and oxygen atoms in total.